The lowest BCUT2D eigenvalue weighted by Crippen LogP contribution is -2.30. The molecule has 0 spiro atoms. The zero-order chi connectivity index (χ0) is 11.3. The van der Waals surface area contributed by atoms with E-state index in [9.17, 15) is 4.79 Å². The molecular formula is C10H12BrNO3. The first-order valence-electron chi connectivity index (χ1n) is 4.47. The molecule has 1 aromatic rings. The summed E-state index contributed by atoms with van der Waals surface area (Å²) in [6.45, 7) is 0.174. The molecule has 0 saturated heterocycles. The van der Waals surface area contributed by atoms with E-state index in [-0.39, 0.29) is 13.2 Å². The number of carboxylic acid groups (broad SMARTS) is 1. The predicted octanol–water partition coefficient (Wildman–Crippen LogP) is 1.16. The molecule has 0 aromatic heterocycles. The van der Waals surface area contributed by atoms with Crippen LogP contribution in [0.1, 0.15) is 11.6 Å². The number of nitrogens with one attached hydrogen (secondary N) is 1. The third-order valence-electron chi connectivity index (χ3n) is 1.91. The van der Waals surface area contributed by atoms with Crippen LogP contribution in [0.15, 0.2) is 28.7 Å². The van der Waals surface area contributed by atoms with Crippen LogP contribution in [0.5, 0.6) is 0 Å². The van der Waals surface area contributed by atoms with E-state index in [0.29, 0.717) is 5.56 Å². The molecule has 0 aliphatic rings. The minimum absolute atomic E-state index is 0.0830. The lowest BCUT2D eigenvalue weighted by atomic mass is 10.1. The highest BCUT2D eigenvalue weighted by atomic mass is 79.9. The highest BCUT2D eigenvalue weighted by molar-refractivity contribution is 9.10. The van der Waals surface area contributed by atoms with Gasteiger partial charge in [0.2, 0.25) is 0 Å². The van der Waals surface area contributed by atoms with Gasteiger partial charge in [0, 0.05) is 11.0 Å². The molecule has 0 aliphatic heterocycles. The van der Waals surface area contributed by atoms with Crippen molar-refractivity contribution in [1.82, 2.24) is 5.32 Å². The van der Waals surface area contributed by atoms with Gasteiger partial charge in [0.15, 0.2) is 0 Å². The van der Waals surface area contributed by atoms with Crippen LogP contribution in [0.2, 0.25) is 0 Å². The molecule has 0 fully saturated rings. The lowest BCUT2D eigenvalue weighted by Gasteiger charge is -2.13. The second kappa shape index (κ2) is 5.85. The summed E-state index contributed by atoms with van der Waals surface area (Å²) in [5.74, 6) is -0.953. The molecule has 0 bridgehead atoms. The Bertz CT molecular complexity index is 326. The molecule has 15 heavy (non-hydrogen) atoms. The Morgan fingerprint density at radius 1 is 1.40 bits per heavy atom. The summed E-state index contributed by atoms with van der Waals surface area (Å²) in [6.07, 6.45) is 0. The minimum Gasteiger partial charge on any atom is -0.480 e. The van der Waals surface area contributed by atoms with Crippen LogP contribution < -0.4 is 5.32 Å². The van der Waals surface area contributed by atoms with Gasteiger partial charge in [0.05, 0.1) is 6.61 Å². The fourth-order valence-electron chi connectivity index (χ4n) is 1.21. The van der Waals surface area contributed by atoms with Crippen molar-refractivity contribution in [2.24, 2.45) is 0 Å². The highest BCUT2D eigenvalue weighted by Crippen LogP contribution is 2.16. The minimum atomic E-state index is -0.953. The molecule has 1 atom stereocenters. The van der Waals surface area contributed by atoms with Gasteiger partial charge in [0.25, 0.3) is 0 Å². The van der Waals surface area contributed by atoms with Crippen LogP contribution >= 0.6 is 15.9 Å². The molecule has 3 N–H and O–H groups in total. The maximum atomic E-state index is 10.9. The van der Waals surface area contributed by atoms with Crippen molar-refractivity contribution in [2.45, 2.75) is 6.04 Å². The Labute approximate surface area is 96.1 Å². The van der Waals surface area contributed by atoms with Crippen LogP contribution in [-0.2, 0) is 4.79 Å². The zero-order valence-electron chi connectivity index (χ0n) is 7.98. The summed E-state index contributed by atoms with van der Waals surface area (Å²) in [7, 11) is 0. The molecule has 5 heteroatoms. The molecule has 1 aromatic carbocycles. The van der Waals surface area contributed by atoms with Crippen LogP contribution in [0, 0.1) is 0 Å². The Kier molecular flexibility index (Phi) is 4.74. The number of benzene rings is 1. The molecule has 0 radical (unpaired) electrons. The Balaban J connectivity index is 2.79. The molecule has 0 amide bonds. The van der Waals surface area contributed by atoms with E-state index in [2.05, 4.69) is 21.2 Å². The van der Waals surface area contributed by atoms with Gasteiger partial charge in [-0.2, -0.15) is 0 Å². The van der Waals surface area contributed by atoms with E-state index in [1.807, 2.05) is 0 Å². The number of hydrogen-bond donors (Lipinski definition) is 3. The number of carbonyl (C=O) groups is 1. The summed E-state index contributed by atoms with van der Waals surface area (Å²) in [5, 5.41) is 20.3. The fourth-order valence-corrected chi connectivity index (χ4v) is 1.48. The number of hydrogen-bond acceptors (Lipinski definition) is 3. The van der Waals surface area contributed by atoms with E-state index in [4.69, 9.17) is 10.2 Å². The number of rotatable bonds is 5. The van der Waals surface area contributed by atoms with E-state index in [1.165, 1.54) is 0 Å². The maximum Gasteiger partial charge on any atom is 0.325 e. The lowest BCUT2D eigenvalue weighted by molar-refractivity contribution is -0.139. The summed E-state index contributed by atoms with van der Waals surface area (Å²) in [4.78, 5) is 10.9. The molecule has 82 valence electrons. The Morgan fingerprint density at radius 2 is 2.00 bits per heavy atom. The van der Waals surface area contributed by atoms with Gasteiger partial charge in [0.1, 0.15) is 6.04 Å². The molecule has 1 rings (SSSR count). The van der Waals surface area contributed by atoms with Crippen molar-refractivity contribution < 1.29 is 15.0 Å². The summed E-state index contributed by atoms with van der Waals surface area (Å²) in [5.41, 5.74) is 0.666. The number of aliphatic hydroxyl groups excluding tert-OH is 1. The topological polar surface area (TPSA) is 69.6 Å². The Hall–Kier alpha value is -0.910. The summed E-state index contributed by atoms with van der Waals surface area (Å²) < 4.78 is 0.901. The first kappa shape index (κ1) is 12.2. The van der Waals surface area contributed by atoms with Gasteiger partial charge in [-0.3, -0.25) is 10.1 Å². The van der Waals surface area contributed by atoms with Gasteiger partial charge in [-0.15, -0.1) is 0 Å². The molecule has 0 saturated carbocycles. The average molecular weight is 274 g/mol. The van der Waals surface area contributed by atoms with Crippen LogP contribution in [0.4, 0.5) is 0 Å². The van der Waals surface area contributed by atoms with E-state index < -0.39 is 12.0 Å². The number of halogens is 1. The zero-order valence-corrected chi connectivity index (χ0v) is 9.57. The van der Waals surface area contributed by atoms with Gasteiger partial charge in [-0.05, 0) is 17.7 Å². The van der Waals surface area contributed by atoms with Gasteiger partial charge >= 0.3 is 5.97 Å². The van der Waals surface area contributed by atoms with Crippen molar-refractivity contribution in [3.63, 3.8) is 0 Å². The standard InChI is InChI=1S/C10H12BrNO3/c11-8-3-1-7(2-4-8)9(10(14)15)12-5-6-13/h1-4,9,12-13H,5-6H2,(H,14,15)/t9-/m0/s1. The van der Waals surface area contributed by atoms with Crippen LogP contribution in [0.3, 0.4) is 0 Å². The van der Waals surface area contributed by atoms with Gasteiger partial charge in [-0.25, -0.2) is 0 Å². The van der Waals surface area contributed by atoms with Crippen molar-refractivity contribution >= 4 is 21.9 Å². The summed E-state index contributed by atoms with van der Waals surface area (Å²) >= 11 is 3.28. The Morgan fingerprint density at radius 3 is 2.47 bits per heavy atom. The molecule has 0 heterocycles. The second-order valence-electron chi connectivity index (χ2n) is 3.00. The predicted molar refractivity (Wildman–Crippen MR) is 59.6 cm³/mol. The molecular weight excluding hydrogens is 262 g/mol. The maximum absolute atomic E-state index is 10.9. The smallest absolute Gasteiger partial charge is 0.325 e. The van der Waals surface area contributed by atoms with Gasteiger partial charge < -0.3 is 10.2 Å². The normalized spacial score (nSPS) is 12.4. The van der Waals surface area contributed by atoms with Crippen molar-refractivity contribution in [3.05, 3.63) is 34.3 Å². The SMILES string of the molecule is O=C(O)[C@@H](NCCO)c1ccc(Br)cc1. The first-order chi connectivity index (χ1) is 7.15. The number of aliphatic carboxylic acids is 1. The fraction of sp³-hybridized carbons (Fsp3) is 0.300. The van der Waals surface area contributed by atoms with Crippen LogP contribution in [0.25, 0.3) is 0 Å². The van der Waals surface area contributed by atoms with Crippen molar-refractivity contribution in [2.75, 3.05) is 13.2 Å². The first-order valence-corrected chi connectivity index (χ1v) is 5.27. The molecule has 0 aliphatic carbocycles. The highest BCUT2D eigenvalue weighted by Gasteiger charge is 2.18. The third-order valence-corrected chi connectivity index (χ3v) is 2.44. The summed E-state index contributed by atoms with van der Waals surface area (Å²) in [6, 6.07) is 6.25. The van der Waals surface area contributed by atoms with Gasteiger partial charge in [-0.1, -0.05) is 28.1 Å². The molecule has 0 unspecified atom stereocenters. The number of carboxylic acids is 1. The monoisotopic (exact) mass is 273 g/mol. The number of aliphatic hydroxyl groups is 1. The van der Waals surface area contributed by atoms with E-state index >= 15 is 0 Å². The largest absolute Gasteiger partial charge is 0.480 e. The quantitative estimate of drug-likeness (QED) is 0.753. The third kappa shape index (κ3) is 3.62. The average Bonchev–Trinajstić information content (AvgIpc) is 2.21. The van der Waals surface area contributed by atoms with Crippen LogP contribution in [-0.4, -0.2) is 29.3 Å². The molecule has 4 nitrogen and oxygen atoms in total. The van der Waals surface area contributed by atoms with E-state index in [1.54, 1.807) is 24.3 Å². The second-order valence-corrected chi connectivity index (χ2v) is 3.92. The van der Waals surface area contributed by atoms with Crippen molar-refractivity contribution in [3.8, 4) is 0 Å². The van der Waals surface area contributed by atoms with Crippen molar-refractivity contribution in [1.29, 1.82) is 0 Å². The van der Waals surface area contributed by atoms with E-state index in [0.717, 1.165) is 4.47 Å².